The van der Waals surface area contributed by atoms with Crippen molar-refractivity contribution in [2.24, 2.45) is 16.7 Å². The summed E-state index contributed by atoms with van der Waals surface area (Å²) < 4.78 is 23.5. The number of Topliss-reactive ketones (excluding diaryl/α,β-unsaturated/α-hetero) is 1. The van der Waals surface area contributed by atoms with Gasteiger partial charge in [-0.2, -0.15) is 0 Å². The van der Waals surface area contributed by atoms with Gasteiger partial charge in [0.25, 0.3) is 0 Å². The van der Waals surface area contributed by atoms with Crippen molar-refractivity contribution in [3.8, 4) is 5.75 Å². The van der Waals surface area contributed by atoms with E-state index >= 15 is 0 Å². The van der Waals surface area contributed by atoms with Gasteiger partial charge in [-0.15, -0.1) is 0 Å². The van der Waals surface area contributed by atoms with Crippen LogP contribution in [0.2, 0.25) is 0 Å². The van der Waals surface area contributed by atoms with Gasteiger partial charge in [-0.1, -0.05) is 37.6 Å². The number of aliphatic hydroxyl groups is 3. The zero-order valence-corrected chi connectivity index (χ0v) is 25.0. The van der Waals surface area contributed by atoms with Crippen LogP contribution in [0.4, 0.5) is 0 Å². The molecule has 0 amide bonds. The summed E-state index contributed by atoms with van der Waals surface area (Å²) in [4.78, 5) is 38.6. The van der Waals surface area contributed by atoms with E-state index in [-0.39, 0.29) is 18.0 Å². The molecule has 5 rings (SSSR count). The fraction of sp³-hybridized carbons (Fsp3) is 0.594. The molecule has 0 bridgehead atoms. The lowest BCUT2D eigenvalue weighted by Crippen LogP contribution is -2.65. The highest BCUT2D eigenvalue weighted by Crippen LogP contribution is 2.69. The second-order valence-corrected chi connectivity index (χ2v) is 13.1. The average Bonchev–Trinajstić information content (AvgIpc) is 3.70. The third-order valence-corrected chi connectivity index (χ3v) is 9.62. The zero-order chi connectivity index (χ0) is 31.5. The summed E-state index contributed by atoms with van der Waals surface area (Å²) in [7, 11) is 0. The van der Waals surface area contributed by atoms with Gasteiger partial charge in [-0.3, -0.25) is 9.59 Å². The highest BCUT2D eigenvalue weighted by atomic mass is 16.7. The van der Waals surface area contributed by atoms with Crippen LogP contribution in [0.15, 0.2) is 42.0 Å². The predicted octanol–water partition coefficient (Wildman–Crippen LogP) is 2.19. The maximum Gasteiger partial charge on any atom is 0.331 e. The first-order valence-corrected chi connectivity index (χ1v) is 14.5. The fourth-order valence-electron chi connectivity index (χ4n) is 7.45. The number of ether oxygens (including phenoxy) is 4. The van der Waals surface area contributed by atoms with E-state index in [2.05, 4.69) is 0 Å². The molecule has 1 aliphatic heterocycles. The first-order chi connectivity index (χ1) is 20.1. The number of carbonyl (C=O) groups excluding carboxylic acids is 3. The van der Waals surface area contributed by atoms with Crippen LogP contribution in [0.5, 0.6) is 5.75 Å². The third kappa shape index (κ3) is 5.31. The fourth-order valence-corrected chi connectivity index (χ4v) is 7.45. The summed E-state index contributed by atoms with van der Waals surface area (Å²) >= 11 is 0. The molecule has 11 heteroatoms. The van der Waals surface area contributed by atoms with Crippen LogP contribution in [-0.2, 0) is 33.3 Å². The Kier molecular flexibility index (Phi) is 7.88. The van der Waals surface area contributed by atoms with E-state index in [1.165, 1.54) is 18.2 Å². The summed E-state index contributed by atoms with van der Waals surface area (Å²) in [6, 6.07) is 6.06. The van der Waals surface area contributed by atoms with Crippen LogP contribution in [0.25, 0.3) is 6.08 Å². The van der Waals surface area contributed by atoms with Gasteiger partial charge in [0.05, 0.1) is 18.1 Å². The number of benzene rings is 1. The molecule has 1 aromatic carbocycles. The van der Waals surface area contributed by atoms with Gasteiger partial charge < -0.3 is 39.4 Å². The second kappa shape index (κ2) is 10.8. The lowest BCUT2D eigenvalue weighted by Gasteiger charge is -2.52. The van der Waals surface area contributed by atoms with Gasteiger partial charge in [-0.05, 0) is 56.9 Å². The monoisotopic (exact) mass is 600 g/mol. The zero-order valence-electron chi connectivity index (χ0n) is 25.0. The van der Waals surface area contributed by atoms with Crippen LogP contribution in [-0.4, -0.2) is 86.7 Å². The smallest absolute Gasteiger partial charge is 0.331 e. The van der Waals surface area contributed by atoms with E-state index < -0.39 is 77.2 Å². The quantitative estimate of drug-likeness (QED) is 0.206. The maximum atomic E-state index is 13.8. The molecule has 1 aromatic rings. The van der Waals surface area contributed by atoms with Gasteiger partial charge >= 0.3 is 11.9 Å². The van der Waals surface area contributed by atoms with E-state index in [0.29, 0.717) is 5.56 Å². The molecular weight excluding hydrogens is 560 g/mol. The van der Waals surface area contributed by atoms with Crippen LogP contribution in [0.1, 0.15) is 59.4 Å². The number of ketones is 1. The lowest BCUT2D eigenvalue weighted by molar-refractivity contribution is -0.332. The standard InChI is InChI=1S/C32H40O11/c1-17-14-32(16-29(3,4)27(38)26(32)30(5,39)31(17)12-13-31)43-28-25(40-18(2)34)23(37)24(21(15-33)41-28)42-22(36)11-8-19-6-9-20(35)10-7-19/h6-11,14,21,23-26,28,33,35,37,39H,12-13,15-16H2,1-5H3/b11-8+/t21-,23+,24-,25-,26?,28+,30?,32?/m1/s1. The number of phenols is 1. The highest BCUT2D eigenvalue weighted by Gasteiger charge is 2.74. The van der Waals surface area contributed by atoms with Gasteiger partial charge in [0.1, 0.15) is 29.3 Å². The van der Waals surface area contributed by atoms with Crippen molar-refractivity contribution >= 4 is 23.8 Å². The van der Waals surface area contributed by atoms with E-state index in [1.807, 2.05) is 13.0 Å². The third-order valence-electron chi connectivity index (χ3n) is 9.62. The molecule has 234 valence electrons. The van der Waals surface area contributed by atoms with Crippen molar-refractivity contribution in [3.05, 3.63) is 47.6 Å². The van der Waals surface area contributed by atoms with Crippen molar-refractivity contribution in [3.63, 3.8) is 0 Å². The summed E-state index contributed by atoms with van der Waals surface area (Å²) in [6.07, 6.45) is -1.28. The van der Waals surface area contributed by atoms with Crippen LogP contribution in [0, 0.1) is 16.7 Å². The Morgan fingerprint density at radius 2 is 1.74 bits per heavy atom. The van der Waals surface area contributed by atoms with Gasteiger partial charge in [0.15, 0.2) is 18.5 Å². The number of fused-ring (bicyclic) bond motifs is 1. The molecule has 2 saturated carbocycles. The Labute approximate surface area is 250 Å². The molecule has 3 fully saturated rings. The van der Waals surface area contributed by atoms with E-state index in [0.717, 1.165) is 31.4 Å². The number of carbonyl (C=O) groups is 3. The molecule has 1 spiro atoms. The molecule has 4 aliphatic rings. The Bertz CT molecular complexity index is 1340. The van der Waals surface area contributed by atoms with Crippen molar-refractivity contribution < 1.29 is 53.8 Å². The average molecular weight is 601 g/mol. The van der Waals surface area contributed by atoms with E-state index in [9.17, 15) is 34.8 Å². The largest absolute Gasteiger partial charge is 0.508 e. The number of aromatic hydroxyl groups is 1. The van der Waals surface area contributed by atoms with Crippen molar-refractivity contribution in [1.29, 1.82) is 0 Å². The number of esters is 2. The minimum absolute atomic E-state index is 0.0622. The molecule has 8 atom stereocenters. The number of aliphatic hydroxyl groups excluding tert-OH is 2. The van der Waals surface area contributed by atoms with Crippen molar-refractivity contribution in [1.82, 2.24) is 0 Å². The van der Waals surface area contributed by atoms with Gasteiger partial charge in [-0.25, -0.2) is 4.79 Å². The molecule has 0 radical (unpaired) electrons. The van der Waals surface area contributed by atoms with E-state index in [4.69, 9.17) is 18.9 Å². The Hall–Kier alpha value is -3.09. The molecule has 3 aliphatic carbocycles. The molecule has 4 N–H and O–H groups in total. The van der Waals surface area contributed by atoms with Crippen LogP contribution >= 0.6 is 0 Å². The summed E-state index contributed by atoms with van der Waals surface area (Å²) in [5.41, 5.74) is -2.72. The molecule has 0 aromatic heterocycles. The summed E-state index contributed by atoms with van der Waals surface area (Å²) in [5.74, 6) is -2.70. The SMILES string of the molecule is CC(=O)O[C@H]1[C@H](OC23C=C(C)C4(CC4)C(C)(O)C2C(=O)C(C)(C)C3)O[C@H](CO)[C@@H](OC(=O)/C=C/c2ccc(O)cc2)[C@@H]1O. The number of phenolic OH excluding ortho intramolecular Hbond substituents is 1. The van der Waals surface area contributed by atoms with Crippen molar-refractivity contribution in [2.75, 3.05) is 6.61 Å². The molecule has 1 saturated heterocycles. The number of rotatable bonds is 7. The minimum atomic E-state index is -1.67. The minimum Gasteiger partial charge on any atom is -0.508 e. The van der Waals surface area contributed by atoms with Gasteiger partial charge in [0.2, 0.25) is 0 Å². The number of hydrogen-bond acceptors (Lipinski definition) is 11. The molecule has 11 nitrogen and oxygen atoms in total. The Morgan fingerprint density at radius 1 is 1.09 bits per heavy atom. The molecule has 1 heterocycles. The highest BCUT2D eigenvalue weighted by molar-refractivity contribution is 5.92. The predicted molar refractivity (Wildman–Crippen MR) is 151 cm³/mol. The summed E-state index contributed by atoms with van der Waals surface area (Å²) in [6.45, 7) is 7.59. The molecular formula is C32H40O11. The normalized spacial score (nSPS) is 37.6. The lowest BCUT2D eigenvalue weighted by atomic mass is 9.61. The first kappa shape index (κ1) is 31.3. The maximum absolute atomic E-state index is 13.8. The Balaban J connectivity index is 1.44. The van der Waals surface area contributed by atoms with Crippen molar-refractivity contribution in [2.45, 2.75) is 95.8 Å². The first-order valence-electron chi connectivity index (χ1n) is 14.5. The summed E-state index contributed by atoms with van der Waals surface area (Å²) in [5, 5.41) is 42.9. The number of hydrogen-bond donors (Lipinski definition) is 4. The topological polar surface area (TPSA) is 169 Å². The Morgan fingerprint density at radius 3 is 2.33 bits per heavy atom. The molecule has 3 unspecified atom stereocenters. The molecule has 43 heavy (non-hydrogen) atoms. The van der Waals surface area contributed by atoms with Gasteiger partial charge in [0, 0.05) is 23.8 Å². The van der Waals surface area contributed by atoms with Crippen LogP contribution < -0.4 is 0 Å². The van der Waals surface area contributed by atoms with E-state index in [1.54, 1.807) is 32.9 Å². The second-order valence-electron chi connectivity index (χ2n) is 13.1. The van der Waals surface area contributed by atoms with Crippen LogP contribution in [0.3, 0.4) is 0 Å².